The number of aromatic carboxylic acids is 1. The molecular formula is C30H38N2O4Pt. The fourth-order valence-corrected chi connectivity index (χ4v) is 3.62. The molecule has 0 aliphatic rings. The van der Waals surface area contributed by atoms with Gasteiger partial charge in [-0.25, -0.2) is 4.79 Å². The second-order valence-corrected chi connectivity index (χ2v) is 8.30. The maximum absolute atomic E-state index is 10.2. The number of unbranched alkanes of at least 4 members (excludes halogenated alkanes) is 6. The number of hydrogen-bond acceptors (Lipinski definition) is 4. The van der Waals surface area contributed by atoms with Gasteiger partial charge in [0.2, 0.25) is 0 Å². The summed E-state index contributed by atoms with van der Waals surface area (Å²) in [4.78, 5) is 24.7. The van der Waals surface area contributed by atoms with Gasteiger partial charge in [0.1, 0.15) is 0 Å². The van der Waals surface area contributed by atoms with Crippen LogP contribution < -0.4 is 6.15 Å². The largest absolute Gasteiger partial charge is 0.481 e. The van der Waals surface area contributed by atoms with Gasteiger partial charge in [-0.15, -0.1) is 0 Å². The summed E-state index contributed by atoms with van der Waals surface area (Å²) >= 11 is 0. The van der Waals surface area contributed by atoms with Gasteiger partial charge in [-0.1, -0.05) is 106 Å². The SMILES string of the molecule is CCCCCCCCCC(=O)O.N.O=C(O)c1ccccc1.[Pt].c1ccc2c(c1)cnc1ccccc12. The van der Waals surface area contributed by atoms with Crippen LogP contribution in [0.2, 0.25) is 0 Å². The summed E-state index contributed by atoms with van der Waals surface area (Å²) < 4.78 is 0. The van der Waals surface area contributed by atoms with Crippen LogP contribution in [0.25, 0.3) is 21.7 Å². The number of carboxylic acids is 2. The Bertz CT molecular complexity index is 1130. The van der Waals surface area contributed by atoms with Gasteiger partial charge >= 0.3 is 11.9 Å². The van der Waals surface area contributed by atoms with Gasteiger partial charge in [-0.3, -0.25) is 9.78 Å². The van der Waals surface area contributed by atoms with E-state index in [0.717, 1.165) is 18.4 Å². The Morgan fingerprint density at radius 3 is 1.84 bits per heavy atom. The van der Waals surface area contributed by atoms with Crippen LogP contribution in [0.5, 0.6) is 0 Å². The molecule has 0 amide bonds. The summed E-state index contributed by atoms with van der Waals surface area (Å²) in [6.45, 7) is 2.20. The molecule has 0 radical (unpaired) electrons. The van der Waals surface area contributed by atoms with E-state index < -0.39 is 11.9 Å². The van der Waals surface area contributed by atoms with Crippen molar-refractivity contribution in [1.29, 1.82) is 0 Å². The van der Waals surface area contributed by atoms with Crippen molar-refractivity contribution in [3.05, 3.63) is 90.6 Å². The molecule has 0 aliphatic carbocycles. The van der Waals surface area contributed by atoms with Crippen LogP contribution in [0.4, 0.5) is 0 Å². The number of hydrogen-bond donors (Lipinski definition) is 3. The number of fused-ring (bicyclic) bond motifs is 3. The standard InChI is InChI=1S/C13H9N.C10H20O2.C7H6O2.H3N.Pt/c1-2-6-11-10(5-1)9-14-13-8-4-3-7-12(11)13;1-2-3-4-5-6-7-8-9-10(11)12;8-7(9)6-4-2-1-3-5-6;;/h1-9H;2-9H2,1H3,(H,11,12);1-5H,(H,8,9);1H3;. The van der Waals surface area contributed by atoms with E-state index in [1.807, 2.05) is 24.4 Å². The zero-order valence-corrected chi connectivity index (χ0v) is 23.7. The molecule has 0 saturated carbocycles. The number of nitrogens with zero attached hydrogens (tertiary/aromatic N) is 1. The number of carboxylic acid groups (broad SMARTS) is 2. The zero-order chi connectivity index (χ0) is 25.3. The van der Waals surface area contributed by atoms with Crippen LogP contribution in [0.15, 0.2) is 85.1 Å². The van der Waals surface area contributed by atoms with Crippen molar-refractivity contribution in [2.75, 3.05) is 0 Å². The van der Waals surface area contributed by atoms with Crippen molar-refractivity contribution >= 4 is 33.6 Å². The van der Waals surface area contributed by atoms with E-state index in [4.69, 9.17) is 10.2 Å². The van der Waals surface area contributed by atoms with Crippen molar-refractivity contribution < 1.29 is 40.9 Å². The van der Waals surface area contributed by atoms with Crippen molar-refractivity contribution in [2.45, 2.75) is 58.3 Å². The minimum atomic E-state index is -0.879. The zero-order valence-electron chi connectivity index (χ0n) is 21.4. The molecule has 6 nitrogen and oxygen atoms in total. The maximum Gasteiger partial charge on any atom is 0.335 e. The molecule has 4 rings (SSSR count). The van der Waals surface area contributed by atoms with Gasteiger partial charge in [0.25, 0.3) is 0 Å². The summed E-state index contributed by atoms with van der Waals surface area (Å²) in [6, 6.07) is 24.9. The van der Waals surface area contributed by atoms with Crippen molar-refractivity contribution in [2.24, 2.45) is 0 Å². The van der Waals surface area contributed by atoms with E-state index >= 15 is 0 Å². The Balaban J connectivity index is 0.000000525. The molecule has 0 saturated heterocycles. The molecule has 3 aromatic carbocycles. The van der Waals surface area contributed by atoms with Crippen LogP contribution in [0.3, 0.4) is 0 Å². The van der Waals surface area contributed by atoms with E-state index in [-0.39, 0.29) is 27.2 Å². The molecule has 1 heterocycles. The number of pyridine rings is 1. The Labute approximate surface area is 234 Å². The number of benzene rings is 3. The molecule has 4 aromatic rings. The van der Waals surface area contributed by atoms with Crippen LogP contribution in [-0.2, 0) is 25.9 Å². The number of aromatic nitrogens is 1. The average Bonchev–Trinajstić information content (AvgIpc) is 2.89. The van der Waals surface area contributed by atoms with Gasteiger partial charge in [0.05, 0.1) is 11.1 Å². The van der Waals surface area contributed by atoms with E-state index in [1.54, 1.807) is 30.3 Å². The average molecular weight is 686 g/mol. The minimum Gasteiger partial charge on any atom is -0.481 e. The molecule has 0 bridgehead atoms. The van der Waals surface area contributed by atoms with Crippen LogP contribution >= 0.6 is 0 Å². The molecule has 202 valence electrons. The Morgan fingerprint density at radius 1 is 0.703 bits per heavy atom. The summed E-state index contributed by atoms with van der Waals surface area (Å²) in [5, 5.41) is 20.4. The number of aliphatic carboxylic acids is 1. The summed E-state index contributed by atoms with van der Waals surface area (Å²) in [5.41, 5.74) is 1.39. The number of carbonyl (C=O) groups is 2. The first-order valence-electron chi connectivity index (χ1n) is 12.3. The Kier molecular flexibility index (Phi) is 18.4. The third-order valence-corrected chi connectivity index (χ3v) is 5.51. The summed E-state index contributed by atoms with van der Waals surface area (Å²) in [5.74, 6) is -1.54. The third kappa shape index (κ3) is 13.2. The minimum absolute atomic E-state index is 0. The van der Waals surface area contributed by atoms with E-state index in [1.165, 1.54) is 48.3 Å². The molecule has 1 aromatic heterocycles. The predicted octanol–water partition coefficient (Wildman–Crippen LogP) is 8.14. The fourth-order valence-electron chi connectivity index (χ4n) is 3.62. The van der Waals surface area contributed by atoms with Crippen molar-refractivity contribution in [3.8, 4) is 0 Å². The van der Waals surface area contributed by atoms with E-state index in [0.29, 0.717) is 12.0 Å². The van der Waals surface area contributed by atoms with Gasteiger partial charge in [0.15, 0.2) is 0 Å². The van der Waals surface area contributed by atoms with Crippen LogP contribution in [0, 0.1) is 0 Å². The first-order chi connectivity index (χ1) is 17.0. The number of rotatable bonds is 9. The van der Waals surface area contributed by atoms with Gasteiger partial charge in [0, 0.05) is 44.5 Å². The van der Waals surface area contributed by atoms with E-state index in [9.17, 15) is 9.59 Å². The molecule has 0 spiro atoms. The molecule has 5 N–H and O–H groups in total. The molecule has 37 heavy (non-hydrogen) atoms. The molecule has 0 aliphatic heterocycles. The van der Waals surface area contributed by atoms with E-state index in [2.05, 4.69) is 42.2 Å². The first kappa shape index (κ1) is 33.9. The number of para-hydroxylation sites is 1. The van der Waals surface area contributed by atoms with Crippen LogP contribution in [0.1, 0.15) is 68.6 Å². The van der Waals surface area contributed by atoms with Gasteiger partial charge < -0.3 is 16.4 Å². The normalized spacial score (nSPS) is 9.54. The van der Waals surface area contributed by atoms with Gasteiger partial charge in [-0.2, -0.15) is 0 Å². The Morgan fingerprint density at radius 2 is 1.24 bits per heavy atom. The maximum atomic E-state index is 10.2. The third-order valence-electron chi connectivity index (χ3n) is 5.51. The smallest absolute Gasteiger partial charge is 0.335 e. The predicted molar refractivity (Wildman–Crippen MR) is 148 cm³/mol. The Hall–Kier alpha value is -3.08. The topological polar surface area (TPSA) is 122 Å². The molecular weight excluding hydrogens is 647 g/mol. The molecule has 0 fully saturated rings. The first-order valence-corrected chi connectivity index (χ1v) is 12.3. The second-order valence-electron chi connectivity index (χ2n) is 8.30. The fraction of sp³-hybridized carbons (Fsp3) is 0.300. The van der Waals surface area contributed by atoms with Crippen LogP contribution in [-0.4, -0.2) is 27.1 Å². The molecule has 0 atom stereocenters. The quantitative estimate of drug-likeness (QED) is 0.121. The van der Waals surface area contributed by atoms with Crippen molar-refractivity contribution in [3.63, 3.8) is 0 Å². The molecule has 7 heteroatoms. The second kappa shape index (κ2) is 20.0. The molecule has 0 unspecified atom stereocenters. The monoisotopic (exact) mass is 685 g/mol. The summed E-state index contributed by atoms with van der Waals surface area (Å²) in [6.07, 6.45) is 10.6. The summed E-state index contributed by atoms with van der Waals surface area (Å²) in [7, 11) is 0. The van der Waals surface area contributed by atoms with Crippen molar-refractivity contribution in [1.82, 2.24) is 11.1 Å². The van der Waals surface area contributed by atoms with Gasteiger partial charge in [-0.05, 0) is 30.0 Å².